The lowest BCUT2D eigenvalue weighted by Gasteiger charge is -2.11. The molecule has 1 aromatic heterocycles. The van der Waals surface area contributed by atoms with Gasteiger partial charge in [-0.25, -0.2) is 4.79 Å². The number of rotatable bonds is 6. The van der Waals surface area contributed by atoms with Crippen LogP contribution in [0.1, 0.15) is 39.2 Å². The monoisotopic (exact) mass is 462 g/mol. The normalized spacial score (nSPS) is 13.2. The summed E-state index contributed by atoms with van der Waals surface area (Å²) in [6.07, 6.45) is 6.58. The van der Waals surface area contributed by atoms with Crippen LogP contribution in [0.4, 0.5) is 5.00 Å². The fourth-order valence-corrected chi connectivity index (χ4v) is 4.76. The Labute approximate surface area is 174 Å². The van der Waals surface area contributed by atoms with Crippen LogP contribution in [-0.2, 0) is 27.2 Å². The van der Waals surface area contributed by atoms with Gasteiger partial charge < -0.3 is 15.8 Å². The van der Waals surface area contributed by atoms with Gasteiger partial charge in [-0.05, 0) is 55.0 Å². The van der Waals surface area contributed by atoms with E-state index in [-0.39, 0.29) is 0 Å². The van der Waals surface area contributed by atoms with E-state index < -0.39 is 24.4 Å². The summed E-state index contributed by atoms with van der Waals surface area (Å²) in [5, 5.41) is 3.09. The van der Waals surface area contributed by atoms with Crippen molar-refractivity contribution in [2.45, 2.75) is 25.7 Å². The number of carbonyl (C=O) groups is 3. The van der Waals surface area contributed by atoms with Crippen molar-refractivity contribution < 1.29 is 19.1 Å². The van der Waals surface area contributed by atoms with Crippen LogP contribution in [0.2, 0.25) is 0 Å². The lowest BCUT2D eigenvalue weighted by Crippen LogP contribution is -2.22. The minimum atomic E-state index is -0.629. The number of benzene rings is 1. The molecule has 146 valence electrons. The van der Waals surface area contributed by atoms with Gasteiger partial charge in [0, 0.05) is 15.4 Å². The van der Waals surface area contributed by atoms with Crippen LogP contribution in [0, 0.1) is 0 Å². The number of carbonyl (C=O) groups excluding carboxylic acids is 3. The Bertz CT molecular complexity index is 952. The first kappa shape index (κ1) is 20.3. The topological polar surface area (TPSA) is 98.5 Å². The molecule has 0 spiro atoms. The number of primary amides is 1. The highest BCUT2D eigenvalue weighted by atomic mass is 79.9. The Morgan fingerprint density at radius 1 is 1.25 bits per heavy atom. The molecule has 0 bridgehead atoms. The lowest BCUT2D eigenvalue weighted by atomic mass is 9.95. The van der Waals surface area contributed by atoms with E-state index in [0.29, 0.717) is 10.6 Å². The Morgan fingerprint density at radius 3 is 2.79 bits per heavy atom. The quantitative estimate of drug-likeness (QED) is 0.505. The number of hydrogen-bond acceptors (Lipinski definition) is 5. The summed E-state index contributed by atoms with van der Waals surface area (Å²) < 4.78 is 5.86. The van der Waals surface area contributed by atoms with E-state index in [0.717, 1.165) is 46.2 Å². The maximum Gasteiger partial charge on any atom is 0.331 e. The van der Waals surface area contributed by atoms with Gasteiger partial charge in [-0.3, -0.25) is 9.59 Å². The largest absolute Gasteiger partial charge is 0.452 e. The zero-order chi connectivity index (χ0) is 20.1. The summed E-state index contributed by atoms with van der Waals surface area (Å²) in [7, 11) is 0. The first-order chi connectivity index (χ1) is 13.4. The third kappa shape index (κ3) is 5.08. The number of halogens is 1. The van der Waals surface area contributed by atoms with Gasteiger partial charge in [0.05, 0.1) is 5.56 Å². The van der Waals surface area contributed by atoms with Gasteiger partial charge in [-0.1, -0.05) is 28.1 Å². The molecule has 1 aliphatic carbocycles. The van der Waals surface area contributed by atoms with E-state index in [1.165, 1.54) is 17.4 Å². The number of fused-ring (bicyclic) bond motifs is 1. The van der Waals surface area contributed by atoms with Gasteiger partial charge >= 0.3 is 5.97 Å². The van der Waals surface area contributed by atoms with E-state index in [4.69, 9.17) is 10.5 Å². The van der Waals surface area contributed by atoms with E-state index in [1.807, 2.05) is 24.3 Å². The summed E-state index contributed by atoms with van der Waals surface area (Å²) in [5.74, 6) is -1.69. The van der Waals surface area contributed by atoms with Crippen LogP contribution >= 0.6 is 27.3 Å². The average Bonchev–Trinajstić information content (AvgIpc) is 3.02. The molecule has 2 aromatic rings. The molecule has 3 N–H and O–H groups in total. The SMILES string of the molecule is NC(=O)c1c(NC(=O)COC(=O)/C=C/c2cccc(Br)c2)sc2c1CCCC2. The van der Waals surface area contributed by atoms with Gasteiger partial charge in [0.1, 0.15) is 5.00 Å². The Balaban J connectivity index is 1.58. The maximum atomic E-state index is 12.2. The average molecular weight is 463 g/mol. The highest BCUT2D eigenvalue weighted by molar-refractivity contribution is 9.10. The van der Waals surface area contributed by atoms with Crippen LogP contribution in [0.25, 0.3) is 6.08 Å². The Kier molecular flexibility index (Phi) is 6.64. The number of esters is 1. The summed E-state index contributed by atoms with van der Waals surface area (Å²) in [4.78, 5) is 36.9. The number of amides is 2. The standard InChI is InChI=1S/C20H19BrN2O4S/c21-13-5-3-4-12(10-13)8-9-17(25)27-11-16(24)23-20-18(19(22)26)14-6-1-2-7-15(14)28-20/h3-5,8-10H,1-2,6-7,11H2,(H2,22,26)(H,23,24)/b9-8+. The van der Waals surface area contributed by atoms with Crippen molar-refractivity contribution >= 4 is 56.1 Å². The second-order valence-electron chi connectivity index (χ2n) is 6.32. The summed E-state index contributed by atoms with van der Waals surface area (Å²) in [5.41, 5.74) is 7.65. The summed E-state index contributed by atoms with van der Waals surface area (Å²) in [6.45, 7) is -0.442. The van der Waals surface area contributed by atoms with E-state index in [2.05, 4.69) is 21.2 Å². The van der Waals surface area contributed by atoms with E-state index >= 15 is 0 Å². The molecular formula is C20H19BrN2O4S. The second kappa shape index (κ2) is 9.16. The summed E-state index contributed by atoms with van der Waals surface area (Å²) >= 11 is 4.72. The zero-order valence-corrected chi connectivity index (χ0v) is 17.4. The molecule has 6 nitrogen and oxygen atoms in total. The first-order valence-electron chi connectivity index (χ1n) is 8.78. The molecule has 0 unspecified atom stereocenters. The van der Waals surface area contributed by atoms with E-state index in [1.54, 1.807) is 6.08 Å². The number of thiophene rings is 1. The van der Waals surface area contributed by atoms with Gasteiger partial charge in [0.2, 0.25) is 0 Å². The van der Waals surface area contributed by atoms with Crippen LogP contribution in [0.15, 0.2) is 34.8 Å². The smallest absolute Gasteiger partial charge is 0.331 e. The van der Waals surface area contributed by atoms with Crippen LogP contribution < -0.4 is 11.1 Å². The molecule has 0 fully saturated rings. The number of anilines is 1. The highest BCUT2D eigenvalue weighted by Gasteiger charge is 2.25. The molecule has 0 radical (unpaired) electrons. The molecule has 0 aliphatic heterocycles. The number of nitrogens with one attached hydrogen (secondary N) is 1. The fourth-order valence-electron chi connectivity index (χ4n) is 3.04. The van der Waals surface area contributed by atoms with Crippen molar-refractivity contribution in [3.63, 3.8) is 0 Å². The minimum absolute atomic E-state index is 0.383. The van der Waals surface area contributed by atoms with E-state index in [9.17, 15) is 14.4 Å². The van der Waals surface area contributed by atoms with Crippen molar-refractivity contribution in [2.24, 2.45) is 5.73 Å². The fraction of sp³-hybridized carbons (Fsp3) is 0.250. The van der Waals surface area contributed by atoms with Crippen LogP contribution in [0.3, 0.4) is 0 Å². The minimum Gasteiger partial charge on any atom is -0.452 e. The predicted molar refractivity (Wildman–Crippen MR) is 112 cm³/mol. The maximum absolute atomic E-state index is 12.2. The van der Waals surface area contributed by atoms with Gasteiger partial charge in [0.25, 0.3) is 11.8 Å². The molecule has 0 saturated carbocycles. The zero-order valence-electron chi connectivity index (χ0n) is 15.0. The molecule has 0 atom stereocenters. The third-order valence-corrected chi connectivity index (χ3v) is 5.98. The van der Waals surface area contributed by atoms with Crippen molar-refractivity contribution in [3.8, 4) is 0 Å². The molecule has 8 heteroatoms. The van der Waals surface area contributed by atoms with Crippen molar-refractivity contribution in [3.05, 3.63) is 56.4 Å². The molecule has 2 amide bonds. The van der Waals surface area contributed by atoms with Crippen LogP contribution in [-0.4, -0.2) is 24.4 Å². The molecular weight excluding hydrogens is 444 g/mol. The molecule has 28 heavy (non-hydrogen) atoms. The lowest BCUT2D eigenvalue weighted by molar-refractivity contribution is -0.142. The van der Waals surface area contributed by atoms with Gasteiger partial charge in [-0.15, -0.1) is 11.3 Å². The van der Waals surface area contributed by atoms with Crippen LogP contribution in [0.5, 0.6) is 0 Å². The number of aryl methyl sites for hydroxylation is 1. The summed E-state index contributed by atoms with van der Waals surface area (Å²) in [6, 6.07) is 7.41. The first-order valence-corrected chi connectivity index (χ1v) is 10.4. The molecule has 3 rings (SSSR count). The second-order valence-corrected chi connectivity index (χ2v) is 8.34. The molecule has 1 heterocycles. The molecule has 1 aliphatic rings. The van der Waals surface area contributed by atoms with Crippen molar-refractivity contribution in [2.75, 3.05) is 11.9 Å². The van der Waals surface area contributed by atoms with Gasteiger partial charge in [-0.2, -0.15) is 0 Å². The molecule has 1 aromatic carbocycles. The van der Waals surface area contributed by atoms with Crippen molar-refractivity contribution in [1.82, 2.24) is 0 Å². The number of nitrogens with two attached hydrogens (primary N) is 1. The predicted octanol–water partition coefficient (Wildman–Crippen LogP) is 3.68. The number of hydrogen-bond donors (Lipinski definition) is 2. The third-order valence-electron chi connectivity index (χ3n) is 4.28. The highest BCUT2D eigenvalue weighted by Crippen LogP contribution is 2.37. The Hall–Kier alpha value is -2.45. The van der Waals surface area contributed by atoms with Crippen molar-refractivity contribution in [1.29, 1.82) is 0 Å². The van der Waals surface area contributed by atoms with Gasteiger partial charge in [0.15, 0.2) is 6.61 Å². The number of ether oxygens (including phenoxy) is 1. The Morgan fingerprint density at radius 2 is 2.04 bits per heavy atom. The molecule has 0 saturated heterocycles.